The van der Waals surface area contributed by atoms with Crippen LogP contribution in [0.2, 0.25) is 0 Å². The third-order valence-corrected chi connectivity index (χ3v) is 4.40. The van der Waals surface area contributed by atoms with Gasteiger partial charge in [-0.15, -0.1) is 0 Å². The Kier molecular flexibility index (Phi) is 4.67. The molecule has 0 saturated carbocycles. The Morgan fingerprint density at radius 1 is 1.25 bits per heavy atom. The molecule has 0 fully saturated rings. The van der Waals surface area contributed by atoms with E-state index in [2.05, 4.69) is 25.4 Å². The molecule has 0 saturated heterocycles. The Bertz CT molecular complexity index is 1140. The number of methoxy groups -OCH3 is 1. The number of fused-ring (bicyclic) bond motifs is 1. The minimum Gasteiger partial charge on any atom is -0.497 e. The summed E-state index contributed by atoms with van der Waals surface area (Å²) in [7, 11) is 1.61. The minimum absolute atomic E-state index is 0.205. The number of hydrogen-bond donors (Lipinski definition) is 1. The molecule has 3 heterocycles. The average Bonchev–Trinajstić information content (AvgIpc) is 3.26. The average molecular weight is 374 g/mol. The van der Waals surface area contributed by atoms with Gasteiger partial charge in [0, 0.05) is 23.7 Å². The van der Waals surface area contributed by atoms with Crippen molar-refractivity contribution in [3.8, 4) is 11.6 Å². The molecule has 0 bridgehead atoms. The maximum Gasteiger partial charge on any atom is 0.253 e. The summed E-state index contributed by atoms with van der Waals surface area (Å²) in [5.41, 5.74) is 2.83. The molecule has 0 aliphatic heterocycles. The zero-order chi connectivity index (χ0) is 19.5. The van der Waals surface area contributed by atoms with Crippen molar-refractivity contribution in [2.24, 2.45) is 0 Å². The van der Waals surface area contributed by atoms with Gasteiger partial charge in [0.05, 0.1) is 23.9 Å². The molecule has 0 aliphatic rings. The molecule has 0 unspecified atom stereocenters. The van der Waals surface area contributed by atoms with Gasteiger partial charge in [0.25, 0.3) is 5.91 Å². The van der Waals surface area contributed by atoms with E-state index in [0.29, 0.717) is 23.6 Å². The topological polar surface area (TPSA) is 94.8 Å². The maximum absolute atomic E-state index is 12.8. The van der Waals surface area contributed by atoms with Gasteiger partial charge in [-0.3, -0.25) is 9.78 Å². The van der Waals surface area contributed by atoms with Crippen LogP contribution in [0.4, 0.5) is 0 Å². The number of nitrogens with zero attached hydrogens (tertiary/aromatic N) is 5. The van der Waals surface area contributed by atoms with Gasteiger partial charge in [0.2, 0.25) is 0 Å². The van der Waals surface area contributed by atoms with Crippen molar-refractivity contribution in [1.82, 2.24) is 30.0 Å². The highest BCUT2D eigenvalue weighted by Gasteiger charge is 2.14. The molecule has 28 heavy (non-hydrogen) atoms. The number of nitrogens with one attached hydrogen (secondary N) is 1. The Morgan fingerprint density at radius 2 is 2.14 bits per heavy atom. The predicted molar refractivity (Wildman–Crippen MR) is 103 cm³/mol. The quantitative estimate of drug-likeness (QED) is 0.577. The number of carbonyl (C=O) groups is 1. The number of aromatic nitrogens is 5. The van der Waals surface area contributed by atoms with E-state index >= 15 is 0 Å². The maximum atomic E-state index is 12.8. The molecule has 4 rings (SSSR count). The number of rotatable bonds is 5. The molecular formula is C20H18N6O2. The van der Waals surface area contributed by atoms with E-state index in [1.807, 2.05) is 43.3 Å². The van der Waals surface area contributed by atoms with Crippen molar-refractivity contribution in [2.45, 2.75) is 13.5 Å². The lowest BCUT2D eigenvalue weighted by atomic mass is 10.1. The number of benzene rings is 1. The second-order valence-electron chi connectivity index (χ2n) is 6.19. The fourth-order valence-corrected chi connectivity index (χ4v) is 2.97. The van der Waals surface area contributed by atoms with Crippen LogP contribution < -0.4 is 10.1 Å². The van der Waals surface area contributed by atoms with Gasteiger partial charge in [-0.25, -0.2) is 14.6 Å². The molecule has 1 aromatic carbocycles. The first-order chi connectivity index (χ1) is 13.7. The van der Waals surface area contributed by atoms with Crippen LogP contribution in [0, 0.1) is 6.92 Å². The summed E-state index contributed by atoms with van der Waals surface area (Å²) in [6.07, 6.45) is 4.68. The van der Waals surface area contributed by atoms with Crippen molar-refractivity contribution < 1.29 is 9.53 Å². The standard InChI is InChI=1S/C20H18N6O2/c1-13-17(9-15-8-16(28-2)5-6-18(15)25-13)20(27)23-10-14-4-3-7-22-19(14)26-12-21-11-24-26/h3-9,11-12H,10H2,1-2H3,(H,23,27). The lowest BCUT2D eigenvalue weighted by Gasteiger charge is -2.11. The van der Waals surface area contributed by atoms with Crippen LogP contribution in [0.1, 0.15) is 21.6 Å². The molecule has 0 spiro atoms. The van der Waals surface area contributed by atoms with Gasteiger partial charge in [-0.05, 0) is 37.3 Å². The summed E-state index contributed by atoms with van der Waals surface area (Å²) in [5, 5.41) is 7.89. The number of pyridine rings is 2. The lowest BCUT2D eigenvalue weighted by Crippen LogP contribution is -2.25. The zero-order valence-electron chi connectivity index (χ0n) is 15.5. The number of hydrogen-bond acceptors (Lipinski definition) is 6. The third-order valence-electron chi connectivity index (χ3n) is 4.40. The van der Waals surface area contributed by atoms with Gasteiger partial charge >= 0.3 is 0 Å². The molecule has 0 aliphatic carbocycles. The van der Waals surface area contributed by atoms with Gasteiger partial charge in [0.1, 0.15) is 18.4 Å². The van der Waals surface area contributed by atoms with Gasteiger partial charge in [0.15, 0.2) is 5.82 Å². The number of aryl methyl sites for hydroxylation is 1. The lowest BCUT2D eigenvalue weighted by molar-refractivity contribution is 0.0950. The number of carbonyl (C=O) groups excluding carboxylic acids is 1. The largest absolute Gasteiger partial charge is 0.497 e. The highest BCUT2D eigenvalue weighted by Crippen LogP contribution is 2.22. The Morgan fingerprint density at radius 3 is 2.93 bits per heavy atom. The number of ether oxygens (including phenoxy) is 1. The first kappa shape index (κ1) is 17.6. The van der Waals surface area contributed by atoms with E-state index in [0.717, 1.165) is 22.2 Å². The summed E-state index contributed by atoms with van der Waals surface area (Å²) in [6, 6.07) is 11.1. The smallest absolute Gasteiger partial charge is 0.253 e. The predicted octanol–water partition coefficient (Wildman–Crippen LogP) is 2.46. The first-order valence-corrected chi connectivity index (χ1v) is 8.68. The van der Waals surface area contributed by atoms with E-state index in [1.165, 1.54) is 6.33 Å². The molecule has 1 amide bonds. The molecule has 3 aromatic heterocycles. The molecular weight excluding hydrogens is 356 g/mol. The minimum atomic E-state index is -0.205. The first-order valence-electron chi connectivity index (χ1n) is 8.68. The zero-order valence-corrected chi connectivity index (χ0v) is 15.5. The molecule has 0 atom stereocenters. The molecule has 4 aromatic rings. The molecule has 1 N–H and O–H groups in total. The van der Waals surface area contributed by atoms with Crippen LogP contribution in [0.3, 0.4) is 0 Å². The van der Waals surface area contributed by atoms with Crippen LogP contribution in [0.15, 0.2) is 55.2 Å². The summed E-state index contributed by atoms with van der Waals surface area (Å²) < 4.78 is 6.82. The van der Waals surface area contributed by atoms with E-state index in [-0.39, 0.29) is 5.91 Å². The Hall–Kier alpha value is -3.81. The van der Waals surface area contributed by atoms with Gasteiger partial charge in [-0.2, -0.15) is 5.10 Å². The molecule has 0 radical (unpaired) electrons. The summed E-state index contributed by atoms with van der Waals surface area (Å²) in [4.78, 5) is 25.6. The summed E-state index contributed by atoms with van der Waals surface area (Å²) in [5.74, 6) is 1.14. The van der Waals surface area contributed by atoms with E-state index < -0.39 is 0 Å². The van der Waals surface area contributed by atoms with E-state index in [1.54, 1.807) is 24.3 Å². The fraction of sp³-hybridized carbons (Fsp3) is 0.150. The second kappa shape index (κ2) is 7.43. The van der Waals surface area contributed by atoms with Crippen LogP contribution in [0.5, 0.6) is 5.75 Å². The van der Waals surface area contributed by atoms with E-state index in [4.69, 9.17) is 4.74 Å². The van der Waals surface area contributed by atoms with Gasteiger partial charge < -0.3 is 10.1 Å². The Balaban J connectivity index is 1.59. The summed E-state index contributed by atoms with van der Waals surface area (Å²) >= 11 is 0. The van der Waals surface area contributed by atoms with Crippen molar-refractivity contribution in [3.05, 3.63) is 72.1 Å². The monoisotopic (exact) mass is 374 g/mol. The normalized spacial score (nSPS) is 10.8. The van der Waals surface area contributed by atoms with Gasteiger partial charge in [-0.1, -0.05) is 6.07 Å². The highest BCUT2D eigenvalue weighted by molar-refractivity contribution is 5.98. The van der Waals surface area contributed by atoms with Crippen LogP contribution in [-0.2, 0) is 6.54 Å². The highest BCUT2D eigenvalue weighted by atomic mass is 16.5. The van der Waals surface area contributed by atoms with Crippen LogP contribution in [-0.4, -0.2) is 37.7 Å². The van der Waals surface area contributed by atoms with Crippen molar-refractivity contribution in [3.63, 3.8) is 0 Å². The molecule has 8 nitrogen and oxygen atoms in total. The molecule has 140 valence electrons. The SMILES string of the molecule is COc1ccc2nc(C)c(C(=O)NCc3cccnc3-n3cncn3)cc2c1. The van der Waals surface area contributed by atoms with Crippen molar-refractivity contribution in [2.75, 3.05) is 7.11 Å². The Labute approximate surface area is 161 Å². The van der Waals surface area contributed by atoms with Crippen molar-refractivity contribution in [1.29, 1.82) is 0 Å². The van der Waals surface area contributed by atoms with Crippen molar-refractivity contribution >= 4 is 16.8 Å². The molecule has 8 heteroatoms. The number of amides is 1. The van der Waals surface area contributed by atoms with Crippen LogP contribution >= 0.6 is 0 Å². The second-order valence-corrected chi connectivity index (χ2v) is 6.19. The summed E-state index contributed by atoms with van der Waals surface area (Å²) in [6.45, 7) is 2.13. The third kappa shape index (κ3) is 3.39. The fourth-order valence-electron chi connectivity index (χ4n) is 2.97. The van der Waals surface area contributed by atoms with Crippen LogP contribution in [0.25, 0.3) is 16.7 Å². The van der Waals surface area contributed by atoms with E-state index in [9.17, 15) is 4.79 Å².